The van der Waals surface area contributed by atoms with Crippen molar-refractivity contribution in [2.24, 2.45) is 11.8 Å². The van der Waals surface area contributed by atoms with Crippen LogP contribution in [-0.2, 0) is 23.9 Å². The molecular weight excluding hydrogens is 679 g/mol. The highest BCUT2D eigenvalue weighted by Gasteiger charge is 2.33. The second-order valence-corrected chi connectivity index (χ2v) is 15.9. The number of likely N-dealkylation sites (tertiary alicyclic amines) is 2. The Labute approximate surface area is 313 Å². The van der Waals surface area contributed by atoms with E-state index in [0.29, 0.717) is 68.4 Å². The van der Waals surface area contributed by atoms with Crippen molar-refractivity contribution >= 4 is 36.0 Å². The molecule has 2 atom stereocenters. The third-order valence-electron chi connectivity index (χ3n) is 9.17. The number of carbonyl (C=O) groups excluding carboxylic acids is 4. The number of benzene rings is 1. The van der Waals surface area contributed by atoms with Crippen molar-refractivity contribution in [2.75, 3.05) is 39.5 Å². The fraction of sp³-hybridized carbons (Fsp3) is 0.585. The van der Waals surface area contributed by atoms with Crippen LogP contribution in [0.5, 0.6) is 5.75 Å². The van der Waals surface area contributed by atoms with Gasteiger partial charge in [0.1, 0.15) is 30.2 Å². The number of ether oxygens (including phenoxy) is 3. The molecule has 0 aliphatic carbocycles. The Bertz CT molecular complexity index is 1580. The first kappa shape index (κ1) is 41.3. The molecular formula is C41H57FN4O7. The summed E-state index contributed by atoms with van der Waals surface area (Å²) >= 11 is 0. The van der Waals surface area contributed by atoms with E-state index in [9.17, 15) is 23.6 Å². The van der Waals surface area contributed by atoms with Gasteiger partial charge in [-0.2, -0.15) is 0 Å². The summed E-state index contributed by atoms with van der Waals surface area (Å²) in [6.45, 7) is 12.5. The van der Waals surface area contributed by atoms with E-state index < -0.39 is 35.8 Å². The van der Waals surface area contributed by atoms with Crippen LogP contribution in [0.1, 0.15) is 109 Å². The van der Waals surface area contributed by atoms with Crippen LogP contribution in [-0.4, -0.2) is 89.3 Å². The van der Waals surface area contributed by atoms with Crippen LogP contribution in [0.25, 0.3) is 12.2 Å². The molecule has 0 bridgehead atoms. The standard InChI is InChI=1S/C41H57FN4O7/c1-40(2,3)52-37(48)27-35(33-13-8-21-43-34(33)16-14-30-10-7-12-32(26-30)51-25-20-42)44-38(49)31-11-9-22-46(28-31)36(47)17-15-29-18-23-45(24-19-29)39(50)53-41(4,5)6/h7-8,10,12-14,16,21,26,29,31,35H,9,11,15,17-20,22-25,27-28H2,1-6H3,(H,44,49)/t31-,35+/m1/s1. The molecule has 3 heterocycles. The second kappa shape index (κ2) is 19.0. The average molecular weight is 737 g/mol. The van der Waals surface area contributed by atoms with Crippen molar-refractivity contribution in [3.63, 3.8) is 0 Å². The number of carbonyl (C=O) groups is 4. The molecule has 0 spiro atoms. The zero-order valence-corrected chi connectivity index (χ0v) is 32.2. The van der Waals surface area contributed by atoms with Gasteiger partial charge in [-0.25, -0.2) is 9.18 Å². The molecule has 0 saturated carbocycles. The summed E-state index contributed by atoms with van der Waals surface area (Å²) in [6.07, 6.45) is 8.99. The molecule has 12 heteroatoms. The first-order valence-electron chi connectivity index (χ1n) is 18.8. The van der Waals surface area contributed by atoms with Crippen molar-refractivity contribution in [2.45, 2.75) is 104 Å². The predicted molar refractivity (Wildman–Crippen MR) is 201 cm³/mol. The minimum Gasteiger partial charge on any atom is -0.491 e. The molecule has 2 aromatic rings. The molecule has 0 radical (unpaired) electrons. The Balaban J connectivity index is 1.40. The molecule has 2 saturated heterocycles. The van der Waals surface area contributed by atoms with Gasteiger partial charge in [-0.3, -0.25) is 19.4 Å². The third-order valence-corrected chi connectivity index (χ3v) is 9.17. The number of esters is 1. The topological polar surface area (TPSA) is 127 Å². The highest BCUT2D eigenvalue weighted by atomic mass is 19.1. The van der Waals surface area contributed by atoms with Crippen LogP contribution in [0.4, 0.5) is 9.18 Å². The van der Waals surface area contributed by atoms with E-state index in [2.05, 4.69) is 10.3 Å². The van der Waals surface area contributed by atoms with Crippen LogP contribution >= 0.6 is 0 Å². The highest BCUT2D eigenvalue weighted by molar-refractivity contribution is 5.83. The van der Waals surface area contributed by atoms with Gasteiger partial charge in [0.15, 0.2) is 0 Å². The van der Waals surface area contributed by atoms with Crippen molar-refractivity contribution < 1.29 is 37.8 Å². The molecule has 0 unspecified atom stereocenters. The number of nitrogens with zero attached hydrogens (tertiary/aromatic N) is 3. The summed E-state index contributed by atoms with van der Waals surface area (Å²) in [7, 11) is 0. The summed E-state index contributed by atoms with van der Waals surface area (Å²) in [4.78, 5) is 60.9. The summed E-state index contributed by atoms with van der Waals surface area (Å²) in [5.41, 5.74) is 0.773. The maximum atomic E-state index is 13.9. The Kier molecular flexibility index (Phi) is 14.8. The quantitative estimate of drug-likeness (QED) is 0.215. The highest BCUT2D eigenvalue weighted by Crippen LogP contribution is 2.28. The van der Waals surface area contributed by atoms with Crippen LogP contribution in [0.2, 0.25) is 0 Å². The summed E-state index contributed by atoms with van der Waals surface area (Å²) < 4.78 is 29.2. The molecule has 2 aliphatic rings. The van der Waals surface area contributed by atoms with E-state index in [4.69, 9.17) is 14.2 Å². The predicted octanol–water partition coefficient (Wildman–Crippen LogP) is 7.16. The van der Waals surface area contributed by atoms with Gasteiger partial charge in [0.05, 0.1) is 24.1 Å². The van der Waals surface area contributed by atoms with Crippen molar-refractivity contribution in [1.82, 2.24) is 20.1 Å². The first-order chi connectivity index (χ1) is 25.1. The number of pyridine rings is 1. The van der Waals surface area contributed by atoms with Crippen molar-refractivity contribution in [3.8, 4) is 5.75 Å². The van der Waals surface area contributed by atoms with Gasteiger partial charge >= 0.3 is 12.1 Å². The van der Waals surface area contributed by atoms with E-state index in [1.54, 1.807) is 61.0 Å². The minimum absolute atomic E-state index is 0.0289. The van der Waals surface area contributed by atoms with Crippen molar-refractivity contribution in [3.05, 3.63) is 59.4 Å². The van der Waals surface area contributed by atoms with Crippen molar-refractivity contribution in [1.29, 1.82) is 0 Å². The first-order valence-corrected chi connectivity index (χ1v) is 18.8. The van der Waals surface area contributed by atoms with E-state index >= 15 is 0 Å². The molecule has 4 rings (SSSR count). The number of alkyl halides is 1. The second-order valence-electron chi connectivity index (χ2n) is 15.9. The monoisotopic (exact) mass is 736 g/mol. The molecule has 2 aliphatic heterocycles. The largest absolute Gasteiger partial charge is 0.491 e. The lowest BCUT2D eigenvalue weighted by Crippen LogP contribution is -2.46. The third kappa shape index (κ3) is 13.8. The molecule has 11 nitrogen and oxygen atoms in total. The van der Waals surface area contributed by atoms with E-state index in [1.165, 1.54) is 0 Å². The van der Waals surface area contributed by atoms with Gasteiger partial charge in [-0.15, -0.1) is 0 Å². The molecule has 2 fully saturated rings. The summed E-state index contributed by atoms with van der Waals surface area (Å²) in [5.74, 6) is -0.216. The Morgan fingerprint density at radius 1 is 0.943 bits per heavy atom. The zero-order chi connectivity index (χ0) is 38.6. The molecule has 1 aromatic carbocycles. The number of amides is 3. The fourth-order valence-electron chi connectivity index (χ4n) is 6.62. The van der Waals surface area contributed by atoms with Gasteiger partial charge in [-0.05, 0) is 109 Å². The van der Waals surface area contributed by atoms with Crippen LogP contribution in [0.15, 0.2) is 42.6 Å². The summed E-state index contributed by atoms with van der Waals surface area (Å²) in [5, 5.41) is 3.11. The summed E-state index contributed by atoms with van der Waals surface area (Å²) in [6, 6.07) is 10.1. The average Bonchev–Trinajstić information content (AvgIpc) is 3.11. The van der Waals surface area contributed by atoms with Gasteiger partial charge in [0.25, 0.3) is 0 Å². The molecule has 3 amide bonds. The lowest BCUT2D eigenvalue weighted by atomic mass is 9.91. The van der Waals surface area contributed by atoms with Crippen LogP contribution < -0.4 is 10.1 Å². The SMILES string of the molecule is CC(C)(C)OC(=O)C[C@H](NC(=O)[C@@H]1CCCN(C(=O)CCC2CCN(C(=O)OC(C)(C)C)CC2)C1)c1cccnc1C=Cc1cccc(OCCF)c1. The molecule has 1 N–H and O–H groups in total. The lowest BCUT2D eigenvalue weighted by molar-refractivity contribution is -0.155. The number of halogens is 1. The van der Waals surface area contributed by atoms with E-state index in [0.717, 1.165) is 24.8 Å². The maximum absolute atomic E-state index is 13.9. The van der Waals surface area contributed by atoms with E-state index in [1.807, 2.05) is 45.0 Å². The number of aromatic nitrogens is 1. The van der Waals surface area contributed by atoms with Gasteiger partial charge < -0.3 is 29.3 Å². The number of hydrogen-bond donors (Lipinski definition) is 1. The lowest BCUT2D eigenvalue weighted by Gasteiger charge is -2.35. The van der Waals surface area contributed by atoms with Gasteiger partial charge in [0, 0.05) is 44.4 Å². The minimum atomic E-state index is -0.734. The van der Waals surface area contributed by atoms with Gasteiger partial charge in [-0.1, -0.05) is 24.3 Å². The fourth-order valence-corrected chi connectivity index (χ4v) is 6.62. The van der Waals surface area contributed by atoms with E-state index in [-0.39, 0.29) is 30.9 Å². The molecule has 1 aromatic heterocycles. The number of hydrogen-bond acceptors (Lipinski definition) is 8. The maximum Gasteiger partial charge on any atom is 0.410 e. The normalized spacial score (nSPS) is 17.7. The Morgan fingerprint density at radius 2 is 1.68 bits per heavy atom. The molecule has 53 heavy (non-hydrogen) atoms. The number of rotatable bonds is 13. The smallest absolute Gasteiger partial charge is 0.410 e. The molecule has 290 valence electrons. The number of nitrogens with one attached hydrogen (secondary N) is 1. The zero-order valence-electron chi connectivity index (χ0n) is 32.2. The number of piperidine rings is 2. The van der Waals surface area contributed by atoms with Gasteiger partial charge in [0.2, 0.25) is 11.8 Å². The van der Waals surface area contributed by atoms with Crippen LogP contribution in [0.3, 0.4) is 0 Å². The Morgan fingerprint density at radius 3 is 2.38 bits per heavy atom. The Hall–Kier alpha value is -4.48. The van der Waals surface area contributed by atoms with Crippen LogP contribution in [0, 0.1) is 11.8 Å².